The van der Waals surface area contributed by atoms with Gasteiger partial charge in [0, 0.05) is 6.04 Å². The summed E-state index contributed by atoms with van der Waals surface area (Å²) in [5.41, 5.74) is 0.793. The lowest BCUT2D eigenvalue weighted by atomic mass is 10.1. The van der Waals surface area contributed by atoms with E-state index in [0.717, 1.165) is 5.56 Å². The van der Waals surface area contributed by atoms with Crippen LogP contribution in [0.15, 0.2) is 24.3 Å². The largest absolute Gasteiger partial charge is 0.395 e. The highest BCUT2D eigenvalue weighted by Gasteiger charge is 2.11. The van der Waals surface area contributed by atoms with Gasteiger partial charge in [0.25, 0.3) is 0 Å². The molecule has 0 bridgehead atoms. The molecule has 0 aliphatic heterocycles. The second kappa shape index (κ2) is 5.80. The van der Waals surface area contributed by atoms with E-state index in [1.165, 1.54) is 12.1 Å². The molecule has 1 aromatic carbocycles. The fraction of sp³-hybridized carbons (Fsp3) is 0.455. The molecular weight excluding hydrogens is 197 g/mol. The summed E-state index contributed by atoms with van der Waals surface area (Å²) in [5, 5.41) is 20.8. The maximum absolute atomic E-state index is 12.9. The van der Waals surface area contributed by atoms with Crippen LogP contribution in [0.4, 0.5) is 4.39 Å². The summed E-state index contributed by atoms with van der Waals surface area (Å²) in [6.07, 6.45) is 0. The molecule has 4 heteroatoms. The Balaban J connectivity index is 2.64. The number of halogens is 1. The van der Waals surface area contributed by atoms with Gasteiger partial charge in [-0.15, -0.1) is 0 Å². The summed E-state index contributed by atoms with van der Waals surface area (Å²) < 4.78 is 12.9. The van der Waals surface area contributed by atoms with E-state index in [4.69, 9.17) is 10.2 Å². The number of hydrogen-bond acceptors (Lipinski definition) is 3. The molecule has 0 aliphatic rings. The molecule has 0 saturated carbocycles. The Kier molecular flexibility index (Phi) is 4.68. The molecule has 3 N–H and O–H groups in total. The van der Waals surface area contributed by atoms with Gasteiger partial charge in [0.05, 0.1) is 19.3 Å². The Hall–Kier alpha value is -0.970. The van der Waals surface area contributed by atoms with Crippen molar-refractivity contribution in [3.63, 3.8) is 0 Å². The first kappa shape index (κ1) is 12.1. The van der Waals surface area contributed by atoms with Gasteiger partial charge in [-0.05, 0) is 24.6 Å². The Morgan fingerprint density at radius 2 is 2.00 bits per heavy atom. The molecular formula is C11H16FNO2. The van der Waals surface area contributed by atoms with E-state index in [1.54, 1.807) is 12.1 Å². The summed E-state index contributed by atoms with van der Waals surface area (Å²) in [6, 6.07) is 5.77. The van der Waals surface area contributed by atoms with Crippen LogP contribution in [-0.4, -0.2) is 29.5 Å². The van der Waals surface area contributed by atoms with Crippen molar-refractivity contribution in [3.8, 4) is 0 Å². The molecule has 1 atom stereocenters. The maximum atomic E-state index is 12.9. The predicted molar refractivity (Wildman–Crippen MR) is 55.9 cm³/mol. The highest BCUT2D eigenvalue weighted by Crippen LogP contribution is 2.13. The van der Waals surface area contributed by atoms with E-state index in [0.29, 0.717) is 0 Å². The third kappa shape index (κ3) is 3.58. The summed E-state index contributed by atoms with van der Waals surface area (Å²) >= 11 is 0. The van der Waals surface area contributed by atoms with Crippen molar-refractivity contribution in [1.29, 1.82) is 0 Å². The number of aliphatic hydroxyl groups excluding tert-OH is 2. The number of rotatable bonds is 5. The lowest BCUT2D eigenvalue weighted by Crippen LogP contribution is -2.37. The van der Waals surface area contributed by atoms with Crippen LogP contribution < -0.4 is 5.32 Å². The molecule has 0 spiro atoms. The van der Waals surface area contributed by atoms with Crippen LogP contribution in [0.1, 0.15) is 18.5 Å². The minimum atomic E-state index is -0.372. The zero-order valence-corrected chi connectivity index (χ0v) is 8.65. The summed E-state index contributed by atoms with van der Waals surface area (Å²) in [5.74, 6) is -0.286. The third-order valence-electron chi connectivity index (χ3n) is 2.28. The Labute approximate surface area is 88.6 Å². The third-order valence-corrected chi connectivity index (χ3v) is 2.28. The minimum Gasteiger partial charge on any atom is -0.395 e. The molecule has 3 nitrogen and oxygen atoms in total. The fourth-order valence-electron chi connectivity index (χ4n) is 1.39. The number of benzene rings is 1. The molecule has 1 unspecified atom stereocenters. The highest BCUT2D eigenvalue weighted by atomic mass is 19.1. The van der Waals surface area contributed by atoms with Crippen LogP contribution in [0, 0.1) is 5.82 Å². The molecule has 0 aromatic heterocycles. The van der Waals surface area contributed by atoms with Gasteiger partial charge in [0.15, 0.2) is 0 Å². The first-order chi connectivity index (χ1) is 7.17. The van der Waals surface area contributed by atoms with Crippen LogP contribution >= 0.6 is 0 Å². The van der Waals surface area contributed by atoms with Crippen LogP contribution in [-0.2, 0) is 0 Å². The van der Waals surface area contributed by atoms with Gasteiger partial charge in [-0.2, -0.15) is 0 Å². The molecule has 84 valence electrons. The molecule has 0 heterocycles. The van der Waals surface area contributed by atoms with Gasteiger partial charge in [-0.25, -0.2) is 4.39 Å². The first-order valence-corrected chi connectivity index (χ1v) is 4.90. The van der Waals surface area contributed by atoms with Crippen LogP contribution in [0.2, 0.25) is 0 Å². The van der Waals surface area contributed by atoms with Gasteiger partial charge in [-0.3, -0.25) is 0 Å². The zero-order chi connectivity index (χ0) is 11.3. The molecule has 0 aliphatic carbocycles. The Bertz CT molecular complexity index is 302. The lowest BCUT2D eigenvalue weighted by molar-refractivity contribution is 0.163. The van der Waals surface area contributed by atoms with Gasteiger partial charge in [-0.1, -0.05) is 12.1 Å². The number of aliphatic hydroxyl groups is 2. The molecule has 0 amide bonds. The van der Waals surface area contributed by atoms with Crippen molar-refractivity contribution in [2.45, 2.75) is 19.0 Å². The van der Waals surface area contributed by atoms with Crippen molar-refractivity contribution < 1.29 is 14.6 Å². The van der Waals surface area contributed by atoms with E-state index in [-0.39, 0.29) is 31.1 Å². The molecule has 15 heavy (non-hydrogen) atoms. The van der Waals surface area contributed by atoms with E-state index >= 15 is 0 Å². The lowest BCUT2D eigenvalue weighted by Gasteiger charge is -2.20. The number of nitrogens with one attached hydrogen (secondary N) is 1. The fourth-order valence-corrected chi connectivity index (χ4v) is 1.39. The highest BCUT2D eigenvalue weighted by molar-refractivity contribution is 5.19. The molecule has 1 rings (SSSR count). The monoisotopic (exact) mass is 213 g/mol. The molecule has 0 fully saturated rings. The average Bonchev–Trinajstić information content (AvgIpc) is 2.25. The molecule has 1 aromatic rings. The molecule has 0 saturated heterocycles. The standard InChI is InChI=1S/C11H16FNO2/c1-8(13-11(6-14)7-15)9-3-2-4-10(12)5-9/h2-5,8,11,13-15H,6-7H2,1H3. The van der Waals surface area contributed by atoms with E-state index in [1.807, 2.05) is 6.92 Å². The van der Waals surface area contributed by atoms with Crippen LogP contribution in [0.5, 0.6) is 0 Å². The first-order valence-electron chi connectivity index (χ1n) is 4.90. The second-order valence-electron chi connectivity index (χ2n) is 3.51. The Morgan fingerprint density at radius 3 is 2.53 bits per heavy atom. The second-order valence-corrected chi connectivity index (χ2v) is 3.51. The van der Waals surface area contributed by atoms with Gasteiger partial charge in [0.2, 0.25) is 0 Å². The van der Waals surface area contributed by atoms with Gasteiger partial charge in [0.1, 0.15) is 5.82 Å². The smallest absolute Gasteiger partial charge is 0.123 e. The van der Waals surface area contributed by atoms with Gasteiger partial charge < -0.3 is 15.5 Å². The predicted octanol–water partition coefficient (Wildman–Crippen LogP) is 0.829. The zero-order valence-electron chi connectivity index (χ0n) is 8.65. The van der Waals surface area contributed by atoms with Crippen molar-refractivity contribution >= 4 is 0 Å². The van der Waals surface area contributed by atoms with E-state index in [2.05, 4.69) is 5.32 Å². The van der Waals surface area contributed by atoms with Crippen LogP contribution in [0.3, 0.4) is 0 Å². The van der Waals surface area contributed by atoms with Crippen molar-refractivity contribution in [2.24, 2.45) is 0 Å². The van der Waals surface area contributed by atoms with Crippen molar-refractivity contribution in [2.75, 3.05) is 13.2 Å². The number of hydrogen-bond donors (Lipinski definition) is 3. The van der Waals surface area contributed by atoms with Crippen molar-refractivity contribution in [3.05, 3.63) is 35.6 Å². The average molecular weight is 213 g/mol. The molecule has 0 radical (unpaired) electrons. The summed E-state index contributed by atoms with van der Waals surface area (Å²) in [7, 11) is 0. The Morgan fingerprint density at radius 1 is 1.33 bits per heavy atom. The van der Waals surface area contributed by atoms with E-state index in [9.17, 15) is 4.39 Å². The topological polar surface area (TPSA) is 52.5 Å². The van der Waals surface area contributed by atoms with Crippen molar-refractivity contribution in [1.82, 2.24) is 5.32 Å². The summed E-state index contributed by atoms with van der Waals surface area (Å²) in [4.78, 5) is 0. The SMILES string of the molecule is CC(NC(CO)CO)c1cccc(F)c1. The van der Waals surface area contributed by atoms with Gasteiger partial charge >= 0.3 is 0 Å². The van der Waals surface area contributed by atoms with Crippen LogP contribution in [0.25, 0.3) is 0 Å². The quantitative estimate of drug-likeness (QED) is 0.679. The van der Waals surface area contributed by atoms with E-state index < -0.39 is 0 Å². The maximum Gasteiger partial charge on any atom is 0.123 e. The minimum absolute atomic E-state index is 0.106. The normalized spacial score (nSPS) is 13.1. The summed E-state index contributed by atoms with van der Waals surface area (Å²) in [6.45, 7) is 1.57.